The third-order valence-electron chi connectivity index (χ3n) is 5.49. The number of urea groups is 1. The highest BCUT2D eigenvalue weighted by Crippen LogP contribution is 2.61. The number of thioether (sulfide) groups is 2. The molecule has 2 N–H and O–H groups in total. The van der Waals surface area contributed by atoms with Crippen molar-refractivity contribution in [1.82, 2.24) is 20.7 Å². The molecular weight excluding hydrogens is 356 g/mol. The first-order valence-electron chi connectivity index (χ1n) is 8.63. The van der Waals surface area contributed by atoms with Crippen LogP contribution in [0, 0.1) is 0 Å². The Morgan fingerprint density at radius 2 is 1.92 bits per heavy atom. The number of hydrogen-bond acceptors (Lipinski definition) is 5. The zero-order chi connectivity index (χ0) is 17.1. The highest BCUT2D eigenvalue weighted by Gasteiger charge is 2.75. The SMILES string of the molecule is O=C1N[C@H]2CN(Cc3ccccc3)N3C(=O)CC4(SCCCS4)[C@]23N1. The summed E-state index contributed by atoms with van der Waals surface area (Å²) in [6, 6.07) is 9.95. The van der Waals surface area contributed by atoms with Crippen LogP contribution >= 0.6 is 23.5 Å². The number of amides is 3. The van der Waals surface area contributed by atoms with E-state index in [9.17, 15) is 9.59 Å². The molecule has 4 saturated heterocycles. The predicted molar refractivity (Wildman–Crippen MR) is 98.8 cm³/mol. The second-order valence-corrected chi connectivity index (χ2v) is 9.98. The van der Waals surface area contributed by atoms with Gasteiger partial charge >= 0.3 is 6.03 Å². The van der Waals surface area contributed by atoms with Crippen molar-refractivity contribution >= 4 is 35.5 Å². The quantitative estimate of drug-likeness (QED) is 0.821. The number of hydrogen-bond donors (Lipinski definition) is 2. The summed E-state index contributed by atoms with van der Waals surface area (Å²) in [6.45, 7) is 1.33. The van der Waals surface area contributed by atoms with E-state index in [1.54, 1.807) is 0 Å². The second kappa shape index (κ2) is 5.56. The van der Waals surface area contributed by atoms with E-state index in [-0.39, 0.29) is 22.1 Å². The minimum absolute atomic E-state index is 0.0757. The second-order valence-electron chi connectivity index (χ2n) is 6.94. The molecule has 0 bridgehead atoms. The Hall–Kier alpha value is -1.38. The zero-order valence-corrected chi connectivity index (χ0v) is 15.4. The molecule has 0 radical (unpaired) electrons. The van der Waals surface area contributed by atoms with Crippen molar-refractivity contribution in [2.24, 2.45) is 0 Å². The molecule has 5 rings (SSSR count). The summed E-state index contributed by atoms with van der Waals surface area (Å²) in [5.41, 5.74) is 0.521. The Kier molecular flexibility index (Phi) is 3.52. The van der Waals surface area contributed by atoms with Gasteiger partial charge in [0.1, 0.15) is 4.08 Å². The van der Waals surface area contributed by atoms with Crippen molar-refractivity contribution < 1.29 is 9.59 Å². The highest BCUT2D eigenvalue weighted by atomic mass is 32.2. The van der Waals surface area contributed by atoms with Crippen LogP contribution in [0.25, 0.3) is 0 Å². The Morgan fingerprint density at radius 1 is 1.16 bits per heavy atom. The summed E-state index contributed by atoms with van der Waals surface area (Å²) in [6.07, 6.45) is 1.63. The molecule has 2 spiro atoms. The van der Waals surface area contributed by atoms with Crippen LogP contribution in [0.5, 0.6) is 0 Å². The van der Waals surface area contributed by atoms with Crippen LogP contribution in [-0.4, -0.2) is 55.8 Å². The molecule has 132 valence electrons. The van der Waals surface area contributed by atoms with Crippen molar-refractivity contribution in [2.75, 3.05) is 18.1 Å². The molecule has 0 unspecified atom stereocenters. The van der Waals surface area contributed by atoms with Crippen LogP contribution < -0.4 is 10.6 Å². The lowest BCUT2D eigenvalue weighted by molar-refractivity contribution is -0.147. The third kappa shape index (κ3) is 2.10. The van der Waals surface area contributed by atoms with Crippen LogP contribution in [0.3, 0.4) is 0 Å². The Morgan fingerprint density at radius 3 is 2.68 bits per heavy atom. The fourth-order valence-electron chi connectivity index (χ4n) is 4.56. The number of nitrogens with one attached hydrogen (secondary N) is 2. The molecular formula is C17H20N4O2S2. The average Bonchev–Trinajstić information content (AvgIpc) is 3.15. The summed E-state index contributed by atoms with van der Waals surface area (Å²) in [5, 5.41) is 10.2. The van der Waals surface area contributed by atoms with E-state index in [2.05, 4.69) is 27.8 Å². The fraction of sp³-hybridized carbons (Fsp3) is 0.529. The van der Waals surface area contributed by atoms with Crippen molar-refractivity contribution in [2.45, 2.75) is 35.2 Å². The molecule has 1 aromatic carbocycles. The van der Waals surface area contributed by atoms with Crippen molar-refractivity contribution in [3.63, 3.8) is 0 Å². The molecule has 2 atom stereocenters. The van der Waals surface area contributed by atoms with Crippen molar-refractivity contribution in [3.8, 4) is 0 Å². The first kappa shape index (κ1) is 15.8. The Labute approximate surface area is 155 Å². The largest absolute Gasteiger partial charge is 0.330 e. The molecule has 4 fully saturated rings. The number of benzene rings is 1. The van der Waals surface area contributed by atoms with Gasteiger partial charge in [0.25, 0.3) is 0 Å². The molecule has 0 saturated carbocycles. The van der Waals surface area contributed by atoms with Gasteiger partial charge in [-0.1, -0.05) is 30.3 Å². The number of carbonyl (C=O) groups excluding carboxylic acids is 2. The summed E-state index contributed by atoms with van der Waals surface area (Å²) in [5.74, 6) is 2.19. The molecule has 4 heterocycles. The van der Waals surface area contributed by atoms with E-state index in [1.807, 2.05) is 46.7 Å². The van der Waals surface area contributed by atoms with Crippen molar-refractivity contribution in [1.29, 1.82) is 0 Å². The lowest BCUT2D eigenvalue weighted by atomic mass is 10.00. The Bertz CT molecular complexity index is 725. The van der Waals surface area contributed by atoms with Gasteiger partial charge in [-0.3, -0.25) is 4.79 Å². The summed E-state index contributed by atoms with van der Waals surface area (Å²) >= 11 is 3.70. The molecule has 0 aliphatic carbocycles. The third-order valence-corrected chi connectivity index (χ3v) is 9.03. The predicted octanol–water partition coefficient (Wildman–Crippen LogP) is 1.59. The first-order valence-corrected chi connectivity index (χ1v) is 10.6. The standard InChI is InChI=1S/C17H20N4O2S2/c22-14-9-16(24-7-4-8-25-16)17-13(18-15(23)19-17)11-20(21(14)17)10-12-5-2-1-3-6-12/h1-3,5-6,13H,4,7-11H2,(H2,18,19,23)/t13-,17-/m0/s1. The van der Waals surface area contributed by atoms with Gasteiger partial charge in [-0.2, -0.15) is 0 Å². The van der Waals surface area contributed by atoms with E-state index >= 15 is 0 Å². The van der Waals surface area contributed by atoms with E-state index in [0.29, 0.717) is 19.5 Å². The van der Waals surface area contributed by atoms with Crippen LogP contribution in [0.15, 0.2) is 30.3 Å². The molecule has 25 heavy (non-hydrogen) atoms. The van der Waals surface area contributed by atoms with Gasteiger partial charge in [0, 0.05) is 13.1 Å². The molecule has 1 aromatic rings. The van der Waals surface area contributed by atoms with Crippen LogP contribution in [-0.2, 0) is 11.3 Å². The lowest BCUT2D eigenvalue weighted by Crippen LogP contribution is -2.66. The van der Waals surface area contributed by atoms with E-state index in [4.69, 9.17) is 0 Å². The summed E-state index contributed by atoms with van der Waals surface area (Å²) in [7, 11) is 0. The van der Waals surface area contributed by atoms with Gasteiger partial charge in [0.05, 0.1) is 12.5 Å². The monoisotopic (exact) mass is 376 g/mol. The maximum Gasteiger partial charge on any atom is 0.317 e. The maximum atomic E-state index is 13.1. The molecule has 4 aliphatic rings. The smallest absolute Gasteiger partial charge is 0.317 e. The molecule has 0 aromatic heterocycles. The normalized spacial score (nSPS) is 33.3. The topological polar surface area (TPSA) is 64.7 Å². The minimum Gasteiger partial charge on any atom is -0.330 e. The summed E-state index contributed by atoms with van der Waals surface area (Å²) in [4.78, 5) is 25.2. The van der Waals surface area contributed by atoms with Crippen LogP contribution in [0.1, 0.15) is 18.4 Å². The number of rotatable bonds is 2. The van der Waals surface area contributed by atoms with Gasteiger partial charge in [-0.25, -0.2) is 14.8 Å². The first-order chi connectivity index (χ1) is 12.1. The average molecular weight is 377 g/mol. The van der Waals surface area contributed by atoms with Crippen molar-refractivity contribution in [3.05, 3.63) is 35.9 Å². The Balaban J connectivity index is 1.54. The molecule has 3 amide bonds. The minimum atomic E-state index is -0.647. The maximum absolute atomic E-state index is 13.1. The van der Waals surface area contributed by atoms with Gasteiger partial charge in [-0.05, 0) is 23.5 Å². The van der Waals surface area contributed by atoms with E-state index < -0.39 is 5.66 Å². The van der Waals surface area contributed by atoms with Crippen LogP contribution in [0.4, 0.5) is 4.79 Å². The fourth-order valence-corrected chi connectivity index (χ4v) is 8.27. The number of carbonyl (C=O) groups is 2. The number of hydrazine groups is 1. The van der Waals surface area contributed by atoms with Gasteiger partial charge < -0.3 is 10.6 Å². The van der Waals surface area contributed by atoms with Gasteiger partial charge in [-0.15, -0.1) is 23.5 Å². The lowest BCUT2D eigenvalue weighted by Gasteiger charge is -2.46. The van der Waals surface area contributed by atoms with E-state index in [1.165, 1.54) is 5.56 Å². The zero-order valence-electron chi connectivity index (χ0n) is 13.7. The van der Waals surface area contributed by atoms with Gasteiger partial charge in [0.2, 0.25) is 5.91 Å². The molecule has 6 nitrogen and oxygen atoms in total. The molecule has 4 aliphatic heterocycles. The highest BCUT2D eigenvalue weighted by molar-refractivity contribution is 8.19. The van der Waals surface area contributed by atoms with Gasteiger partial charge in [0.15, 0.2) is 5.66 Å². The van der Waals surface area contributed by atoms with E-state index in [0.717, 1.165) is 17.9 Å². The summed E-state index contributed by atoms with van der Waals surface area (Å²) < 4.78 is -0.294. The van der Waals surface area contributed by atoms with Crippen LogP contribution in [0.2, 0.25) is 0 Å². The molecule has 8 heteroatoms. The number of nitrogens with zero attached hydrogens (tertiary/aromatic N) is 2.